The summed E-state index contributed by atoms with van der Waals surface area (Å²) in [6.45, 7) is 56.8. The van der Waals surface area contributed by atoms with Crippen molar-refractivity contribution in [2.75, 3.05) is 0 Å². The molecule has 19 heteroatoms. The molecule has 4 heterocycles. The minimum Gasteiger partial charge on any atom is -0.481 e. The third-order valence-corrected chi connectivity index (χ3v) is 52.0. The van der Waals surface area contributed by atoms with Crippen LogP contribution in [0, 0.1) is 29.6 Å². The van der Waals surface area contributed by atoms with Crippen molar-refractivity contribution in [1.82, 2.24) is 9.97 Å². The van der Waals surface area contributed by atoms with Gasteiger partial charge in [-0.2, -0.15) is 0 Å². The van der Waals surface area contributed by atoms with Crippen LogP contribution >= 0.6 is 22.7 Å². The average Bonchev–Trinajstić information content (AvgIpc) is 1.60. The largest absolute Gasteiger partial charge is 0.481 e. The molecular weight excluding hydrogens is 1790 g/mol. The molecule has 13 nitrogen and oxygen atoms in total. The fourth-order valence-corrected chi connectivity index (χ4v) is 26.8. The summed E-state index contributed by atoms with van der Waals surface area (Å²) in [4.78, 5) is 61.3. The number of benzene rings is 6. The fourth-order valence-electron chi connectivity index (χ4n) is 19.0. The summed E-state index contributed by atoms with van der Waals surface area (Å²) in [7, 11) is -8.15. The Morgan fingerprint density at radius 3 is 1.28 bits per heavy atom. The van der Waals surface area contributed by atoms with Crippen molar-refractivity contribution in [1.29, 1.82) is 0 Å². The van der Waals surface area contributed by atoms with Crippen LogP contribution in [0.25, 0.3) is 41.7 Å². The lowest BCUT2D eigenvalue weighted by Gasteiger charge is -2.41. The Morgan fingerprint density at radius 1 is 0.434 bits per heavy atom. The quantitative estimate of drug-likeness (QED) is 0.0209. The van der Waals surface area contributed by atoms with E-state index in [0.29, 0.717) is 61.4 Å². The van der Waals surface area contributed by atoms with Crippen molar-refractivity contribution in [3.05, 3.63) is 226 Å². The Balaban J connectivity index is 0.000000296. The van der Waals surface area contributed by atoms with Gasteiger partial charge in [0, 0.05) is 98.3 Å². The number of carboxylic acids is 1. The van der Waals surface area contributed by atoms with Crippen molar-refractivity contribution in [2.45, 2.75) is 401 Å². The number of nitrogens with zero attached hydrogens (tertiary/aromatic N) is 2. The average molecular weight is 1960 g/mol. The number of ether oxygens (including phenoxy) is 1. The van der Waals surface area contributed by atoms with Crippen molar-refractivity contribution >= 4 is 121 Å². The van der Waals surface area contributed by atoms with Crippen LogP contribution in [0.5, 0.6) is 0 Å². The van der Waals surface area contributed by atoms with Gasteiger partial charge in [-0.3, -0.25) is 29.1 Å². The molecule has 3 unspecified atom stereocenters. The first kappa shape index (κ1) is 114. The van der Waals surface area contributed by atoms with E-state index >= 15 is 0 Å². The zero-order valence-electron chi connectivity index (χ0n) is 86.2. The van der Waals surface area contributed by atoms with E-state index in [1.807, 2.05) is 127 Å². The Bertz CT molecular complexity index is 5320. The number of Topliss-reactive ketones (excluding diaryl/α,β-unsaturated/α-hetero) is 2. The molecule has 10 aromatic rings. The van der Waals surface area contributed by atoms with Gasteiger partial charge in [0.1, 0.15) is 18.2 Å². The number of aromatic nitrogens is 2. The SMILES string of the molecule is C.C.CCC(C(=O)Cc1ccc2cnccc2c1)c1ccc(CO)cc1.CCC(C(=O)Cc1ccc2cnccc2c1)c1ccc(COC(=O)CCCCCCC2[C@@H](O[Si](C)(C)C(C)(C)C)C[C@@H](O[Si](C)(C)C(C)(C)C)[C@@H]2CC[C@@H](O[Si](C)(C)C(C)(C)C)c2cc3ccccc3s2)cc1.C[C@H](CC[C@@H]1[C@@H](CCCCCCCC(=O)O)[C@@H](O[Si](C)(C)C(C)(C)C)C[C@H]1C)c1cc2ccccc2s1. The van der Waals surface area contributed by atoms with Gasteiger partial charge in [0.05, 0.1) is 24.9 Å². The minimum atomic E-state index is -2.12. The van der Waals surface area contributed by atoms with Crippen molar-refractivity contribution < 1.29 is 51.8 Å². The first-order valence-electron chi connectivity index (χ1n) is 50.7. The van der Waals surface area contributed by atoms with E-state index in [-0.39, 0.29) is 95.9 Å². The van der Waals surface area contributed by atoms with Gasteiger partial charge in [0.25, 0.3) is 0 Å². The van der Waals surface area contributed by atoms with Crippen LogP contribution in [-0.4, -0.2) is 95.3 Å². The van der Waals surface area contributed by atoms with Gasteiger partial charge in [-0.05, 0) is 276 Å². The molecule has 2 N–H and O–H groups in total. The van der Waals surface area contributed by atoms with Crippen LogP contribution in [0.3, 0.4) is 0 Å². The van der Waals surface area contributed by atoms with E-state index in [1.165, 1.54) is 68.5 Å². The number of ketones is 2. The number of carboxylic acid groups (broad SMARTS) is 1. The van der Waals surface area contributed by atoms with E-state index < -0.39 is 39.2 Å². The summed E-state index contributed by atoms with van der Waals surface area (Å²) in [6.07, 6.45) is 29.4. The third-order valence-electron chi connectivity index (χ3n) is 31.4. The Kier molecular flexibility index (Phi) is 42.9. The Labute approximate surface area is 833 Å². The zero-order chi connectivity index (χ0) is 97.7. The number of aliphatic hydroxyl groups excluding tert-OH is 1. The van der Waals surface area contributed by atoms with E-state index in [1.54, 1.807) is 12.4 Å². The summed E-state index contributed by atoms with van der Waals surface area (Å²) in [6, 6.07) is 54.2. The maximum atomic E-state index is 13.5. The molecule has 0 radical (unpaired) electrons. The van der Waals surface area contributed by atoms with Crippen molar-refractivity contribution in [3.8, 4) is 0 Å². The number of fused-ring (bicyclic) bond motifs is 4. The monoisotopic (exact) mass is 1960 g/mol. The highest BCUT2D eigenvalue weighted by atomic mass is 32.1. The van der Waals surface area contributed by atoms with Crippen LogP contribution in [0.4, 0.5) is 0 Å². The van der Waals surface area contributed by atoms with E-state index in [2.05, 4.69) is 239 Å². The summed E-state index contributed by atoms with van der Waals surface area (Å²) in [5, 5.41) is 25.6. The van der Waals surface area contributed by atoms with Crippen molar-refractivity contribution in [2.24, 2.45) is 29.6 Å². The number of aliphatic hydroxyl groups is 1. The highest BCUT2D eigenvalue weighted by molar-refractivity contribution is 7.19. The topological polar surface area (TPSA) is 181 Å². The molecule has 0 aliphatic heterocycles. The smallest absolute Gasteiger partial charge is 0.306 e. The maximum Gasteiger partial charge on any atom is 0.306 e. The number of carbonyl (C=O) groups excluding carboxylic acids is 3. The predicted octanol–water partition coefficient (Wildman–Crippen LogP) is 33.7. The molecule has 0 bridgehead atoms. The van der Waals surface area contributed by atoms with Crippen LogP contribution < -0.4 is 0 Å². The molecule has 136 heavy (non-hydrogen) atoms. The van der Waals surface area contributed by atoms with Gasteiger partial charge in [0.15, 0.2) is 33.3 Å². The van der Waals surface area contributed by atoms with Gasteiger partial charge in [0.2, 0.25) is 0 Å². The Morgan fingerprint density at radius 2 is 0.831 bits per heavy atom. The first-order valence-corrected chi connectivity index (χ1v) is 64.0. The molecule has 0 spiro atoms. The second-order valence-corrected chi connectivity index (χ2v) is 66.7. The molecule has 2 saturated carbocycles. The number of carbonyl (C=O) groups is 4. The third kappa shape index (κ3) is 32.0. The van der Waals surface area contributed by atoms with E-state index in [4.69, 9.17) is 32.7 Å². The maximum absolute atomic E-state index is 13.5. The molecule has 4 aromatic heterocycles. The molecule has 2 aliphatic rings. The van der Waals surface area contributed by atoms with Crippen molar-refractivity contribution in [3.63, 3.8) is 0 Å². The predicted molar refractivity (Wildman–Crippen MR) is 587 cm³/mol. The summed E-state index contributed by atoms with van der Waals surface area (Å²) in [5.41, 5.74) is 5.86. The van der Waals surface area contributed by atoms with Gasteiger partial charge in [-0.1, -0.05) is 292 Å². The standard InChI is InChI=1S/C62H93NO6SSi3.C32H52O3SSi.C21H21NO2.2CH4/c1-17-50(53(64)39-45-30-33-49-42-63-37-36-47(49)38-45)46-31-28-44(29-32-46)43-66-59(65)27-21-19-18-20-25-51-52(56(69-73(15,16)62(8,9)10)41-55(51)68-72(13,14)61(5,6)7)34-35-54(67-71(11,12)60(2,3)4)58-40-48-24-22-23-26-57(48)70-58;1-23(30-22-25-15-13-14-17-29(25)36-30)19-20-26-24(2)21-28(35-37(6,7)32(3,4)5)27(26)16-11-9-8-10-12-18-31(33)34;1-2-20(17-6-3-15(14-23)4-7-17)21(24)12-16-5-8-19-13-22-10-9-18(19)11-16;;/h22-24,26,28-33,36-38,40,42,50-52,54-56H,17-21,25,27,34-35,39,41,43H2,1-16H3;13-15,17,22-24,26-28H,8-12,16,18-21H2,1-7H3,(H,33,34);3-11,13,20,23H,2,12,14H2,1H3;2*1H4/t50?,51?,52-,54-,55+,56-;23-,24-,26+,27-,28+;;;/m11.../s1. The molecule has 2 fully saturated rings. The first-order chi connectivity index (χ1) is 63.2. The number of hydrogen-bond acceptors (Lipinski definition) is 14. The fraction of sp³-hybridized carbons (Fsp3) is 0.573. The van der Waals surface area contributed by atoms with Crippen LogP contribution in [0.1, 0.15) is 327 Å². The highest BCUT2D eigenvalue weighted by Gasteiger charge is 2.53. The van der Waals surface area contributed by atoms with E-state index in [9.17, 15) is 19.2 Å². The number of esters is 1. The van der Waals surface area contributed by atoms with Gasteiger partial charge >= 0.3 is 11.9 Å². The molecule has 0 amide bonds. The van der Waals surface area contributed by atoms with Gasteiger partial charge < -0.3 is 32.7 Å². The van der Waals surface area contributed by atoms with Crippen LogP contribution in [0.15, 0.2) is 183 Å². The summed E-state index contributed by atoms with van der Waals surface area (Å²) >= 11 is 3.87. The number of thiophene rings is 2. The molecule has 12 rings (SSSR count). The van der Waals surface area contributed by atoms with Crippen LogP contribution in [-0.2, 0) is 67.7 Å². The lowest BCUT2D eigenvalue weighted by Crippen LogP contribution is -2.45. The number of rotatable bonds is 44. The van der Waals surface area contributed by atoms with E-state index in [0.717, 1.165) is 144 Å². The second kappa shape index (κ2) is 51.1. The van der Waals surface area contributed by atoms with Gasteiger partial charge in [-0.15, -0.1) is 22.7 Å². The molecule has 746 valence electrons. The summed E-state index contributed by atoms with van der Waals surface area (Å²) in [5.74, 6) is 2.74. The van der Waals surface area contributed by atoms with Crippen LogP contribution in [0.2, 0.25) is 72.5 Å². The Hall–Kier alpha value is -6.99. The minimum absolute atomic E-state index is 0. The molecule has 12 atom stereocenters. The molecule has 0 saturated heterocycles. The summed E-state index contributed by atoms with van der Waals surface area (Å²) < 4.78 is 38.1. The number of aliphatic carboxylic acids is 1. The number of pyridine rings is 2. The molecular formula is C117H174N2O11S2Si4. The molecule has 2 aliphatic carbocycles. The second-order valence-electron chi connectivity index (χ2n) is 45.4. The van der Waals surface area contributed by atoms with Gasteiger partial charge in [-0.25, -0.2) is 0 Å². The lowest BCUT2D eigenvalue weighted by molar-refractivity contribution is -0.145. The molecule has 6 aromatic carbocycles. The highest BCUT2D eigenvalue weighted by Crippen LogP contribution is 2.53. The zero-order valence-corrected chi connectivity index (χ0v) is 91.8. The normalized spacial score (nSPS) is 18.8. The lowest BCUT2D eigenvalue weighted by atomic mass is 9.81. The number of unbranched alkanes of at least 4 members (excludes halogenated alkanes) is 7. The number of hydrogen-bond donors (Lipinski definition) is 2.